The van der Waals surface area contributed by atoms with Crippen molar-refractivity contribution < 1.29 is 18.7 Å². The average molecular weight is 411 g/mol. The summed E-state index contributed by atoms with van der Waals surface area (Å²) < 4.78 is 11.8. The summed E-state index contributed by atoms with van der Waals surface area (Å²) in [6.07, 6.45) is 4.27. The molecule has 2 aliphatic rings. The lowest BCUT2D eigenvalue weighted by Crippen LogP contribution is -2.52. The van der Waals surface area contributed by atoms with Gasteiger partial charge in [-0.05, 0) is 36.1 Å². The van der Waals surface area contributed by atoms with Crippen molar-refractivity contribution >= 4 is 11.8 Å². The first-order chi connectivity index (χ1) is 14.5. The van der Waals surface area contributed by atoms with Gasteiger partial charge in [-0.3, -0.25) is 9.59 Å². The lowest BCUT2D eigenvalue weighted by atomic mass is 9.76. The summed E-state index contributed by atoms with van der Waals surface area (Å²) in [6.45, 7) is 6.12. The predicted octanol–water partition coefficient (Wildman–Crippen LogP) is 3.98. The second-order valence-corrected chi connectivity index (χ2v) is 8.90. The number of fused-ring (bicyclic) bond motifs is 1. The molecule has 6 nitrogen and oxygen atoms in total. The molecular weight excluding hydrogens is 380 g/mol. The van der Waals surface area contributed by atoms with E-state index in [9.17, 15) is 9.59 Å². The molecule has 1 saturated heterocycles. The highest BCUT2D eigenvalue weighted by Crippen LogP contribution is 2.46. The van der Waals surface area contributed by atoms with Crippen molar-refractivity contribution in [3.63, 3.8) is 0 Å². The van der Waals surface area contributed by atoms with Crippen molar-refractivity contribution in [1.29, 1.82) is 0 Å². The molecule has 6 heteroatoms. The van der Waals surface area contributed by atoms with E-state index in [0.717, 1.165) is 30.6 Å². The number of likely N-dealkylation sites (tertiary alicyclic amines) is 1. The molecule has 1 spiro atoms. The Morgan fingerprint density at radius 1 is 1.17 bits per heavy atom. The third-order valence-electron chi connectivity index (χ3n) is 6.14. The molecule has 1 atom stereocenters. The standard InChI is InChI=1S/C24H30N2O4/c1-17(2)16-25-22(27)14-18-15-24(30-20-7-4-3-6-19(18)20)9-11-26(12-10-24)23(28)21-8-5-13-29-21/h3-8,13,17-18H,9-12,14-16H2,1-2H3,(H,25,27)/t18-/m0/s1. The van der Waals surface area contributed by atoms with Gasteiger partial charge in [-0.15, -0.1) is 0 Å². The maximum atomic E-state index is 12.6. The number of nitrogens with zero attached hydrogens (tertiary/aromatic N) is 1. The summed E-state index contributed by atoms with van der Waals surface area (Å²) >= 11 is 0. The van der Waals surface area contributed by atoms with Crippen LogP contribution in [0.5, 0.6) is 5.75 Å². The van der Waals surface area contributed by atoms with Gasteiger partial charge in [0.25, 0.3) is 5.91 Å². The lowest BCUT2D eigenvalue weighted by Gasteiger charge is -2.46. The van der Waals surface area contributed by atoms with Crippen LogP contribution in [-0.2, 0) is 4.79 Å². The number of furan rings is 1. The van der Waals surface area contributed by atoms with Gasteiger partial charge in [0.15, 0.2) is 5.76 Å². The molecule has 2 aromatic rings. The summed E-state index contributed by atoms with van der Waals surface area (Å²) in [4.78, 5) is 27.0. The van der Waals surface area contributed by atoms with E-state index in [4.69, 9.17) is 9.15 Å². The van der Waals surface area contributed by atoms with E-state index in [1.54, 1.807) is 12.1 Å². The van der Waals surface area contributed by atoms with Crippen molar-refractivity contribution in [2.24, 2.45) is 5.92 Å². The first kappa shape index (κ1) is 20.5. The fraction of sp³-hybridized carbons (Fsp3) is 0.500. The van der Waals surface area contributed by atoms with Crippen LogP contribution in [0.2, 0.25) is 0 Å². The Bertz CT molecular complexity index is 882. The summed E-state index contributed by atoms with van der Waals surface area (Å²) in [7, 11) is 0. The molecule has 1 fully saturated rings. The number of ether oxygens (including phenoxy) is 1. The van der Waals surface area contributed by atoms with E-state index in [1.165, 1.54) is 6.26 Å². The Morgan fingerprint density at radius 3 is 2.63 bits per heavy atom. The highest BCUT2D eigenvalue weighted by Gasteiger charge is 2.44. The number of piperidine rings is 1. The summed E-state index contributed by atoms with van der Waals surface area (Å²) in [6, 6.07) is 11.5. The molecule has 0 bridgehead atoms. The van der Waals surface area contributed by atoms with Gasteiger partial charge in [0.2, 0.25) is 5.91 Å². The van der Waals surface area contributed by atoms with E-state index in [1.807, 2.05) is 23.1 Å². The number of carbonyl (C=O) groups is 2. The lowest BCUT2D eigenvalue weighted by molar-refractivity contribution is -0.122. The van der Waals surface area contributed by atoms with E-state index in [2.05, 4.69) is 25.2 Å². The van der Waals surface area contributed by atoms with Gasteiger partial charge in [-0.25, -0.2) is 0 Å². The van der Waals surface area contributed by atoms with Gasteiger partial charge >= 0.3 is 0 Å². The molecule has 1 aromatic carbocycles. The van der Waals surface area contributed by atoms with Gasteiger partial charge in [-0.2, -0.15) is 0 Å². The number of carbonyl (C=O) groups excluding carboxylic acids is 2. The molecule has 1 aromatic heterocycles. The molecule has 0 radical (unpaired) electrons. The van der Waals surface area contributed by atoms with Crippen LogP contribution in [0.15, 0.2) is 47.1 Å². The Labute approximate surface area is 177 Å². The van der Waals surface area contributed by atoms with Crippen LogP contribution in [0.3, 0.4) is 0 Å². The van der Waals surface area contributed by atoms with Crippen molar-refractivity contribution in [3.8, 4) is 5.75 Å². The smallest absolute Gasteiger partial charge is 0.289 e. The van der Waals surface area contributed by atoms with E-state index in [-0.39, 0.29) is 23.3 Å². The minimum atomic E-state index is -0.336. The SMILES string of the molecule is CC(C)CNC(=O)C[C@H]1CC2(CCN(C(=O)c3ccco3)CC2)Oc2ccccc21. The summed E-state index contributed by atoms with van der Waals surface area (Å²) in [5, 5.41) is 3.05. The fourth-order valence-corrected chi connectivity index (χ4v) is 4.52. The highest BCUT2D eigenvalue weighted by molar-refractivity contribution is 5.91. The fourth-order valence-electron chi connectivity index (χ4n) is 4.52. The zero-order chi connectivity index (χ0) is 21.1. The monoisotopic (exact) mass is 410 g/mol. The quantitative estimate of drug-likeness (QED) is 0.809. The topological polar surface area (TPSA) is 71.8 Å². The van der Waals surface area contributed by atoms with Crippen molar-refractivity contribution in [3.05, 3.63) is 54.0 Å². The molecule has 2 aliphatic heterocycles. The number of hydrogen-bond donors (Lipinski definition) is 1. The molecule has 30 heavy (non-hydrogen) atoms. The van der Waals surface area contributed by atoms with Crippen LogP contribution < -0.4 is 10.1 Å². The zero-order valence-electron chi connectivity index (χ0n) is 17.7. The molecule has 1 N–H and O–H groups in total. The van der Waals surface area contributed by atoms with Gasteiger partial charge in [-0.1, -0.05) is 32.0 Å². The van der Waals surface area contributed by atoms with Crippen LogP contribution >= 0.6 is 0 Å². The molecule has 0 saturated carbocycles. The third-order valence-corrected chi connectivity index (χ3v) is 6.14. The van der Waals surface area contributed by atoms with Crippen LogP contribution in [0.4, 0.5) is 0 Å². The molecule has 4 rings (SSSR count). The second-order valence-electron chi connectivity index (χ2n) is 8.90. The number of benzene rings is 1. The number of rotatable bonds is 5. The molecule has 0 aliphatic carbocycles. The first-order valence-electron chi connectivity index (χ1n) is 10.8. The minimum Gasteiger partial charge on any atom is -0.487 e. The van der Waals surface area contributed by atoms with Crippen LogP contribution in [-0.4, -0.2) is 41.9 Å². The Balaban J connectivity index is 1.46. The first-order valence-corrected chi connectivity index (χ1v) is 10.8. The van der Waals surface area contributed by atoms with E-state index >= 15 is 0 Å². The zero-order valence-corrected chi connectivity index (χ0v) is 17.7. The average Bonchev–Trinajstić information content (AvgIpc) is 3.27. The molecule has 2 amide bonds. The molecular formula is C24H30N2O4. The number of nitrogens with one attached hydrogen (secondary N) is 1. The summed E-state index contributed by atoms with van der Waals surface area (Å²) in [5.41, 5.74) is 0.772. The van der Waals surface area contributed by atoms with Gasteiger partial charge < -0.3 is 19.4 Å². The largest absolute Gasteiger partial charge is 0.487 e. The van der Waals surface area contributed by atoms with Crippen LogP contribution in [0, 0.1) is 5.92 Å². The Kier molecular flexibility index (Phi) is 5.84. The van der Waals surface area contributed by atoms with E-state index in [0.29, 0.717) is 37.7 Å². The maximum Gasteiger partial charge on any atom is 0.289 e. The third kappa shape index (κ3) is 4.37. The Hall–Kier alpha value is -2.76. The van der Waals surface area contributed by atoms with Gasteiger partial charge in [0.05, 0.1) is 6.26 Å². The molecule has 3 heterocycles. The van der Waals surface area contributed by atoms with Crippen molar-refractivity contribution in [2.75, 3.05) is 19.6 Å². The Morgan fingerprint density at radius 2 is 1.93 bits per heavy atom. The summed E-state index contributed by atoms with van der Waals surface area (Å²) in [5.74, 6) is 1.81. The van der Waals surface area contributed by atoms with Crippen molar-refractivity contribution in [2.45, 2.75) is 51.0 Å². The normalized spacial score (nSPS) is 20.0. The van der Waals surface area contributed by atoms with E-state index < -0.39 is 0 Å². The van der Waals surface area contributed by atoms with Gasteiger partial charge in [0, 0.05) is 44.8 Å². The molecule has 160 valence electrons. The number of hydrogen-bond acceptors (Lipinski definition) is 4. The van der Waals surface area contributed by atoms with Crippen LogP contribution in [0.1, 0.15) is 61.6 Å². The second kappa shape index (κ2) is 8.54. The van der Waals surface area contributed by atoms with Crippen LogP contribution in [0.25, 0.3) is 0 Å². The molecule has 0 unspecified atom stereocenters. The van der Waals surface area contributed by atoms with Gasteiger partial charge in [0.1, 0.15) is 11.4 Å². The number of para-hydroxylation sites is 1. The van der Waals surface area contributed by atoms with Crippen molar-refractivity contribution in [1.82, 2.24) is 10.2 Å². The maximum absolute atomic E-state index is 12.6. The predicted molar refractivity (Wildman–Crippen MR) is 113 cm³/mol. The highest BCUT2D eigenvalue weighted by atomic mass is 16.5. The number of amides is 2. The minimum absolute atomic E-state index is 0.0735.